The van der Waals surface area contributed by atoms with E-state index >= 15 is 0 Å². The van der Waals surface area contributed by atoms with Gasteiger partial charge in [0.15, 0.2) is 5.65 Å². The van der Waals surface area contributed by atoms with Gasteiger partial charge in [-0.25, -0.2) is 9.67 Å². The summed E-state index contributed by atoms with van der Waals surface area (Å²) in [5.74, 6) is 1.82. The third kappa shape index (κ3) is 2.54. The zero-order valence-corrected chi connectivity index (χ0v) is 14.7. The summed E-state index contributed by atoms with van der Waals surface area (Å²) in [6.07, 6.45) is 6.35. The molecule has 1 aliphatic rings. The van der Waals surface area contributed by atoms with Gasteiger partial charge in [0.25, 0.3) is 0 Å². The number of benzene rings is 1. The van der Waals surface area contributed by atoms with Crippen LogP contribution in [0, 0.1) is 0 Å². The van der Waals surface area contributed by atoms with Crippen LogP contribution in [0.3, 0.4) is 0 Å². The summed E-state index contributed by atoms with van der Waals surface area (Å²) >= 11 is 0. The largest absolute Gasteiger partial charge is 0.487 e. The lowest BCUT2D eigenvalue weighted by molar-refractivity contribution is 0.138. The molecule has 0 amide bonds. The van der Waals surface area contributed by atoms with Gasteiger partial charge in [-0.05, 0) is 49.2 Å². The number of aromatic nitrogens is 5. The molecule has 1 N–H and O–H groups in total. The van der Waals surface area contributed by atoms with Crippen molar-refractivity contribution in [3.8, 4) is 17.1 Å². The lowest BCUT2D eigenvalue weighted by Crippen LogP contribution is -2.24. The Kier molecular flexibility index (Phi) is 3.16. The molecule has 4 heterocycles. The minimum absolute atomic E-state index is 0.140. The lowest BCUT2D eigenvalue weighted by Gasteiger charge is -2.16. The standard InChI is InChI=1S/C20H19N5O/c1-20(2)9-15-8-14(5-6-17(15)26-20)18-23-16-11-22-25(19(16)24-18)12-13-4-3-7-21-10-13/h3-8,10-11H,9,12H2,1-2H3,(H,23,24). The SMILES string of the molecule is CC1(C)Cc2cc(-c3nc4c(cnn4Cc4cccnc4)[nH]3)ccc2O1. The van der Waals surface area contributed by atoms with Crippen LogP contribution in [0.1, 0.15) is 25.0 Å². The van der Waals surface area contributed by atoms with Crippen LogP contribution in [-0.4, -0.2) is 30.3 Å². The van der Waals surface area contributed by atoms with E-state index in [1.165, 1.54) is 5.56 Å². The Morgan fingerprint density at radius 3 is 3.00 bits per heavy atom. The van der Waals surface area contributed by atoms with Crippen molar-refractivity contribution in [2.45, 2.75) is 32.4 Å². The second-order valence-electron chi connectivity index (χ2n) is 7.35. The number of ether oxygens (including phenoxy) is 1. The van der Waals surface area contributed by atoms with E-state index in [1.807, 2.05) is 35.3 Å². The van der Waals surface area contributed by atoms with E-state index < -0.39 is 0 Å². The molecule has 0 spiro atoms. The molecule has 6 heteroatoms. The maximum absolute atomic E-state index is 5.96. The number of aromatic amines is 1. The van der Waals surface area contributed by atoms with E-state index in [4.69, 9.17) is 9.72 Å². The number of nitrogens with one attached hydrogen (secondary N) is 1. The molecule has 3 aromatic heterocycles. The van der Waals surface area contributed by atoms with Crippen LogP contribution in [-0.2, 0) is 13.0 Å². The number of fused-ring (bicyclic) bond motifs is 2. The first kappa shape index (κ1) is 15.1. The number of pyridine rings is 1. The van der Waals surface area contributed by atoms with Crippen LogP contribution in [0.2, 0.25) is 0 Å². The molecule has 6 nitrogen and oxygen atoms in total. The van der Waals surface area contributed by atoms with E-state index in [2.05, 4.69) is 41.0 Å². The summed E-state index contributed by atoms with van der Waals surface area (Å²) in [5, 5.41) is 4.44. The number of nitrogens with zero attached hydrogens (tertiary/aromatic N) is 4. The molecule has 0 aliphatic carbocycles. The van der Waals surface area contributed by atoms with Gasteiger partial charge in [0.05, 0.1) is 12.7 Å². The average molecular weight is 345 g/mol. The topological polar surface area (TPSA) is 68.6 Å². The predicted molar refractivity (Wildman–Crippen MR) is 99.1 cm³/mol. The molecule has 5 rings (SSSR count). The van der Waals surface area contributed by atoms with E-state index in [9.17, 15) is 0 Å². The van der Waals surface area contributed by atoms with Crippen molar-refractivity contribution in [3.63, 3.8) is 0 Å². The fourth-order valence-electron chi connectivity index (χ4n) is 3.52. The van der Waals surface area contributed by atoms with Gasteiger partial charge in [-0.1, -0.05) is 6.07 Å². The van der Waals surface area contributed by atoms with Gasteiger partial charge in [0, 0.05) is 24.4 Å². The van der Waals surface area contributed by atoms with E-state index in [-0.39, 0.29) is 5.60 Å². The molecule has 0 bridgehead atoms. The van der Waals surface area contributed by atoms with Crippen molar-refractivity contribution in [1.29, 1.82) is 0 Å². The Hall–Kier alpha value is -3.15. The van der Waals surface area contributed by atoms with E-state index in [0.717, 1.165) is 40.3 Å². The maximum atomic E-state index is 5.96. The molecule has 0 unspecified atom stereocenters. The number of hydrogen-bond acceptors (Lipinski definition) is 4. The van der Waals surface area contributed by atoms with Crippen LogP contribution < -0.4 is 4.74 Å². The van der Waals surface area contributed by atoms with Crippen molar-refractivity contribution < 1.29 is 4.74 Å². The van der Waals surface area contributed by atoms with Crippen LogP contribution in [0.4, 0.5) is 0 Å². The summed E-state index contributed by atoms with van der Waals surface area (Å²) in [5.41, 5.74) is 5.03. The molecule has 1 aliphatic heterocycles. The normalized spacial score (nSPS) is 15.2. The van der Waals surface area contributed by atoms with E-state index in [1.54, 1.807) is 6.20 Å². The second kappa shape index (κ2) is 5.42. The minimum Gasteiger partial charge on any atom is -0.487 e. The molecule has 26 heavy (non-hydrogen) atoms. The zero-order chi connectivity index (χ0) is 17.7. The zero-order valence-electron chi connectivity index (χ0n) is 14.7. The van der Waals surface area contributed by atoms with Crippen molar-refractivity contribution in [2.24, 2.45) is 0 Å². The number of H-pyrrole nitrogens is 1. The van der Waals surface area contributed by atoms with Gasteiger partial charge >= 0.3 is 0 Å². The summed E-state index contributed by atoms with van der Waals surface area (Å²) in [6, 6.07) is 10.2. The quantitative estimate of drug-likeness (QED) is 0.616. The maximum Gasteiger partial charge on any atom is 0.177 e. The van der Waals surface area contributed by atoms with Crippen molar-refractivity contribution >= 4 is 11.2 Å². The molecular formula is C20H19N5O. The Labute approximate surface area is 150 Å². The Bertz CT molecular complexity index is 1090. The predicted octanol–water partition coefficient (Wildman–Crippen LogP) is 3.58. The Morgan fingerprint density at radius 2 is 2.15 bits per heavy atom. The first-order valence-electron chi connectivity index (χ1n) is 8.70. The molecule has 130 valence electrons. The lowest BCUT2D eigenvalue weighted by atomic mass is 10.00. The summed E-state index contributed by atoms with van der Waals surface area (Å²) in [6.45, 7) is 4.87. The van der Waals surface area contributed by atoms with Gasteiger partial charge < -0.3 is 9.72 Å². The molecule has 0 fully saturated rings. The monoisotopic (exact) mass is 345 g/mol. The van der Waals surface area contributed by atoms with Gasteiger partial charge in [-0.15, -0.1) is 0 Å². The summed E-state index contributed by atoms with van der Waals surface area (Å²) < 4.78 is 7.86. The average Bonchev–Trinajstić information content (AvgIpc) is 3.27. The first-order chi connectivity index (χ1) is 12.6. The van der Waals surface area contributed by atoms with Crippen LogP contribution in [0.5, 0.6) is 5.75 Å². The molecule has 4 aromatic rings. The third-order valence-corrected chi connectivity index (χ3v) is 4.67. The second-order valence-corrected chi connectivity index (χ2v) is 7.35. The molecule has 0 saturated carbocycles. The van der Waals surface area contributed by atoms with Crippen molar-refractivity contribution in [2.75, 3.05) is 0 Å². The Balaban J connectivity index is 1.50. The van der Waals surface area contributed by atoms with Gasteiger partial charge in [0.2, 0.25) is 0 Å². The van der Waals surface area contributed by atoms with E-state index in [0.29, 0.717) is 6.54 Å². The van der Waals surface area contributed by atoms with Gasteiger partial charge in [-0.2, -0.15) is 5.10 Å². The highest BCUT2D eigenvalue weighted by Crippen LogP contribution is 2.37. The third-order valence-electron chi connectivity index (χ3n) is 4.67. The van der Waals surface area contributed by atoms with Gasteiger partial charge in [0.1, 0.15) is 22.7 Å². The van der Waals surface area contributed by atoms with Gasteiger partial charge in [-0.3, -0.25) is 4.98 Å². The highest BCUT2D eigenvalue weighted by molar-refractivity contribution is 5.76. The summed E-state index contributed by atoms with van der Waals surface area (Å²) in [4.78, 5) is 12.3. The fourth-order valence-corrected chi connectivity index (χ4v) is 3.52. The molecule has 0 atom stereocenters. The van der Waals surface area contributed by atoms with Crippen molar-refractivity contribution in [3.05, 3.63) is 60.0 Å². The van der Waals surface area contributed by atoms with Crippen LogP contribution in [0.15, 0.2) is 48.9 Å². The number of imidazole rings is 1. The molecule has 1 aromatic carbocycles. The van der Waals surface area contributed by atoms with Crippen LogP contribution >= 0.6 is 0 Å². The highest BCUT2D eigenvalue weighted by atomic mass is 16.5. The Morgan fingerprint density at radius 1 is 1.23 bits per heavy atom. The number of rotatable bonds is 3. The fraction of sp³-hybridized carbons (Fsp3) is 0.250. The molecular weight excluding hydrogens is 326 g/mol. The minimum atomic E-state index is -0.140. The van der Waals surface area contributed by atoms with Crippen LogP contribution in [0.25, 0.3) is 22.6 Å². The summed E-state index contributed by atoms with van der Waals surface area (Å²) in [7, 11) is 0. The smallest absolute Gasteiger partial charge is 0.177 e. The van der Waals surface area contributed by atoms with Crippen molar-refractivity contribution in [1.82, 2.24) is 24.7 Å². The first-order valence-corrected chi connectivity index (χ1v) is 8.70. The molecule has 0 radical (unpaired) electrons. The molecule has 0 saturated heterocycles. The highest BCUT2D eigenvalue weighted by Gasteiger charge is 2.30. The number of hydrogen-bond donors (Lipinski definition) is 1.